The number of thioether (sulfide) groups is 1. The number of benzene rings is 2. The Bertz CT molecular complexity index is 988. The highest BCUT2D eigenvalue weighted by Gasteiger charge is 2.24. The quantitative estimate of drug-likeness (QED) is 0.595. The maximum Gasteiger partial charge on any atom is 0.264 e. The summed E-state index contributed by atoms with van der Waals surface area (Å²) in [5.74, 6) is 0.842. The van der Waals surface area contributed by atoms with Crippen molar-refractivity contribution in [3.8, 4) is 11.5 Å². The van der Waals surface area contributed by atoms with Crippen molar-refractivity contribution in [1.29, 1.82) is 0 Å². The summed E-state index contributed by atoms with van der Waals surface area (Å²) in [6.07, 6.45) is 2.63. The van der Waals surface area contributed by atoms with Gasteiger partial charge in [0, 0.05) is 0 Å². The summed E-state index contributed by atoms with van der Waals surface area (Å²) in [5, 5.41) is 3.78. The van der Waals surface area contributed by atoms with Gasteiger partial charge in [0.2, 0.25) is 0 Å². The molecule has 152 valence electrons. The smallest absolute Gasteiger partial charge is 0.264 e. The molecule has 1 aliphatic heterocycles. The van der Waals surface area contributed by atoms with Crippen LogP contribution in [-0.4, -0.2) is 24.3 Å². The molecule has 0 aromatic heterocycles. The van der Waals surface area contributed by atoms with Crippen LogP contribution in [0.1, 0.15) is 31.4 Å². The first-order valence-corrected chi connectivity index (χ1v) is 10.5. The average Bonchev–Trinajstić information content (AvgIpc) is 3.02. The molecule has 1 heterocycles. The number of methoxy groups -OCH3 is 1. The first-order valence-electron chi connectivity index (χ1n) is 9.30. The van der Waals surface area contributed by atoms with Crippen molar-refractivity contribution in [2.75, 3.05) is 7.11 Å². The minimum atomic E-state index is -0.198. The van der Waals surface area contributed by atoms with Crippen molar-refractivity contribution in [3.63, 3.8) is 0 Å². The van der Waals surface area contributed by atoms with Crippen LogP contribution >= 0.6 is 23.4 Å². The number of carbonyl (C=O) groups excluding carboxylic acids is 1. The predicted molar refractivity (Wildman–Crippen MR) is 120 cm³/mol. The van der Waals surface area contributed by atoms with Crippen molar-refractivity contribution >= 4 is 46.2 Å². The number of amidine groups is 1. The molecular weight excluding hydrogens is 408 g/mol. The van der Waals surface area contributed by atoms with Crippen molar-refractivity contribution < 1.29 is 14.3 Å². The highest BCUT2D eigenvalue weighted by molar-refractivity contribution is 8.18. The van der Waals surface area contributed by atoms with E-state index in [1.54, 1.807) is 25.3 Å². The van der Waals surface area contributed by atoms with Crippen LogP contribution in [0.25, 0.3) is 6.08 Å². The normalized spacial score (nSPS) is 17.5. The van der Waals surface area contributed by atoms with Crippen LogP contribution in [-0.2, 0) is 4.79 Å². The largest absolute Gasteiger partial charge is 0.493 e. The van der Waals surface area contributed by atoms with Gasteiger partial charge in [-0.25, -0.2) is 4.99 Å². The zero-order valence-corrected chi connectivity index (χ0v) is 18.4. The third kappa shape index (κ3) is 5.34. The number of aryl methyl sites for hydroxylation is 1. The zero-order chi connectivity index (χ0) is 21.0. The number of halogens is 1. The third-order valence-electron chi connectivity index (χ3n) is 4.33. The highest BCUT2D eigenvalue weighted by Crippen LogP contribution is 2.39. The Hall–Kier alpha value is -2.44. The van der Waals surface area contributed by atoms with Crippen molar-refractivity contribution in [2.45, 2.75) is 33.3 Å². The van der Waals surface area contributed by atoms with E-state index in [0.717, 1.165) is 23.2 Å². The lowest BCUT2D eigenvalue weighted by molar-refractivity contribution is -0.115. The van der Waals surface area contributed by atoms with E-state index >= 15 is 0 Å². The highest BCUT2D eigenvalue weighted by atomic mass is 35.5. The molecule has 0 bridgehead atoms. The van der Waals surface area contributed by atoms with Crippen LogP contribution in [0, 0.1) is 6.92 Å². The minimum absolute atomic E-state index is 0.0159. The van der Waals surface area contributed by atoms with Gasteiger partial charge in [0.1, 0.15) is 0 Å². The number of aliphatic imine (C=N–C) groups is 1. The summed E-state index contributed by atoms with van der Waals surface area (Å²) in [6, 6.07) is 11.4. The molecule has 1 saturated heterocycles. The maximum absolute atomic E-state index is 12.4. The molecule has 7 heteroatoms. The molecule has 0 radical (unpaired) electrons. The zero-order valence-electron chi connectivity index (χ0n) is 16.8. The number of hydrogen-bond acceptors (Lipinski definition) is 5. The van der Waals surface area contributed by atoms with E-state index in [1.165, 1.54) is 11.8 Å². The molecule has 0 aliphatic carbocycles. The van der Waals surface area contributed by atoms with E-state index in [4.69, 9.17) is 21.1 Å². The van der Waals surface area contributed by atoms with Crippen molar-refractivity contribution in [1.82, 2.24) is 5.32 Å². The second-order valence-electron chi connectivity index (χ2n) is 6.69. The monoisotopic (exact) mass is 430 g/mol. The minimum Gasteiger partial charge on any atom is -0.493 e. The van der Waals surface area contributed by atoms with Crippen LogP contribution in [0.5, 0.6) is 11.5 Å². The molecule has 0 saturated carbocycles. The van der Waals surface area contributed by atoms with Crippen molar-refractivity contribution in [3.05, 3.63) is 57.5 Å². The molecule has 1 aliphatic rings. The van der Waals surface area contributed by atoms with Gasteiger partial charge in [0.05, 0.1) is 28.8 Å². The van der Waals surface area contributed by atoms with Gasteiger partial charge in [0.25, 0.3) is 5.91 Å². The summed E-state index contributed by atoms with van der Waals surface area (Å²) >= 11 is 7.71. The molecule has 1 unspecified atom stereocenters. The fourth-order valence-corrected chi connectivity index (χ4v) is 3.77. The molecule has 2 aromatic rings. The Morgan fingerprint density at radius 3 is 2.79 bits per heavy atom. The number of amides is 1. The number of hydrogen-bond donors (Lipinski definition) is 1. The van der Waals surface area contributed by atoms with Gasteiger partial charge in [-0.05, 0) is 73.5 Å². The van der Waals surface area contributed by atoms with E-state index in [0.29, 0.717) is 26.6 Å². The average molecular weight is 431 g/mol. The molecule has 5 nitrogen and oxygen atoms in total. The molecule has 2 aromatic carbocycles. The van der Waals surface area contributed by atoms with E-state index in [9.17, 15) is 4.79 Å². The Morgan fingerprint density at radius 1 is 1.31 bits per heavy atom. The van der Waals surface area contributed by atoms with Crippen LogP contribution < -0.4 is 14.8 Å². The summed E-state index contributed by atoms with van der Waals surface area (Å²) < 4.78 is 11.3. The molecule has 1 amide bonds. The molecular formula is C22H23ClN2O3S. The molecule has 29 heavy (non-hydrogen) atoms. The fraction of sp³-hybridized carbons (Fsp3) is 0.273. The summed E-state index contributed by atoms with van der Waals surface area (Å²) in [6.45, 7) is 6.01. The molecule has 1 atom stereocenters. The van der Waals surface area contributed by atoms with Gasteiger partial charge >= 0.3 is 0 Å². The number of ether oxygens (including phenoxy) is 2. The van der Waals surface area contributed by atoms with Gasteiger partial charge in [-0.15, -0.1) is 0 Å². The Balaban J connectivity index is 1.86. The lowest BCUT2D eigenvalue weighted by Crippen LogP contribution is -2.19. The standard InChI is InChI=1S/C22H23ClN2O3S/c1-5-14(3)28-20-17(23)10-15(11-18(20)27-4)12-19-21(26)25-22(29-19)24-16-8-6-7-13(2)9-16/h6-12,14H,5H2,1-4H3,(H,24,25,26). The van der Waals surface area contributed by atoms with Gasteiger partial charge in [-0.3, -0.25) is 4.79 Å². The Labute approximate surface area is 180 Å². The lowest BCUT2D eigenvalue weighted by Gasteiger charge is -2.17. The van der Waals surface area contributed by atoms with E-state index < -0.39 is 0 Å². The van der Waals surface area contributed by atoms with Gasteiger partial charge in [-0.1, -0.05) is 30.7 Å². The van der Waals surface area contributed by atoms with Gasteiger partial charge in [0.15, 0.2) is 16.7 Å². The summed E-state index contributed by atoms with van der Waals surface area (Å²) in [5.41, 5.74) is 2.65. The van der Waals surface area contributed by atoms with Crippen LogP contribution in [0.3, 0.4) is 0 Å². The predicted octanol–water partition coefficient (Wildman–Crippen LogP) is 5.73. The second kappa shape index (κ2) is 9.37. The van der Waals surface area contributed by atoms with E-state index in [2.05, 4.69) is 10.3 Å². The van der Waals surface area contributed by atoms with Gasteiger partial charge < -0.3 is 14.8 Å². The fourth-order valence-electron chi connectivity index (χ4n) is 2.67. The number of carbonyl (C=O) groups is 1. The molecule has 1 fully saturated rings. The first-order chi connectivity index (χ1) is 13.9. The maximum atomic E-state index is 12.4. The number of rotatable bonds is 6. The molecule has 3 rings (SSSR count). The lowest BCUT2D eigenvalue weighted by atomic mass is 10.1. The second-order valence-corrected chi connectivity index (χ2v) is 8.13. The third-order valence-corrected chi connectivity index (χ3v) is 5.52. The molecule has 0 spiro atoms. The number of nitrogens with one attached hydrogen (secondary N) is 1. The van der Waals surface area contributed by atoms with E-state index in [1.807, 2.05) is 45.0 Å². The van der Waals surface area contributed by atoms with Crippen LogP contribution in [0.2, 0.25) is 5.02 Å². The Morgan fingerprint density at radius 2 is 2.10 bits per heavy atom. The van der Waals surface area contributed by atoms with Crippen molar-refractivity contribution in [2.24, 2.45) is 4.99 Å². The van der Waals surface area contributed by atoms with Crippen LogP contribution in [0.15, 0.2) is 46.3 Å². The Kier molecular flexibility index (Phi) is 6.87. The van der Waals surface area contributed by atoms with E-state index in [-0.39, 0.29) is 12.0 Å². The first kappa shape index (κ1) is 21.3. The van der Waals surface area contributed by atoms with Gasteiger partial charge in [-0.2, -0.15) is 0 Å². The topological polar surface area (TPSA) is 59.9 Å². The van der Waals surface area contributed by atoms with Crippen LogP contribution in [0.4, 0.5) is 5.69 Å². The molecule has 1 N–H and O–H groups in total. The summed E-state index contributed by atoms with van der Waals surface area (Å²) in [7, 11) is 1.57. The summed E-state index contributed by atoms with van der Waals surface area (Å²) in [4.78, 5) is 17.4. The SMILES string of the molecule is CCC(C)Oc1c(Cl)cc(C=C2SC(=Nc3cccc(C)c3)NC2=O)cc1OC. The number of nitrogens with zero attached hydrogens (tertiary/aromatic N) is 1.